The number of unbranched alkanes of at least 4 members (excludes halogenated alkanes) is 3. The third-order valence-corrected chi connectivity index (χ3v) is 10.4. The maximum Gasteiger partial charge on any atom is 0.277 e. The normalized spacial score (nSPS) is 16.7. The summed E-state index contributed by atoms with van der Waals surface area (Å²) in [5, 5.41) is 3.09. The Balaban J connectivity index is 1.12. The van der Waals surface area contributed by atoms with Crippen LogP contribution in [-0.2, 0) is 11.2 Å². The second-order valence-electron chi connectivity index (χ2n) is 14.1. The standard InChI is InChI=1S/C40H52N4O5/c1-3-48-37-25-31(16-15-29-19-23-43(24-20-29)35-12-8-7-11-28(35)2)33(41-39(47)34-27-49-40(42-34)30-17-18-30)26-32(37)36(45)13-6-4-5-9-21-44-22-10-14-38(44)46/h7-8,11-12,25-27,29-30H,3-6,9-10,13-24H2,1-2H3,(H,41,47). The molecule has 2 aliphatic heterocycles. The molecule has 262 valence electrons. The number of hydrogen-bond acceptors (Lipinski definition) is 7. The number of carbonyl (C=O) groups is 3. The van der Waals surface area contributed by atoms with Crippen LogP contribution in [0.15, 0.2) is 47.1 Å². The zero-order chi connectivity index (χ0) is 34.2. The van der Waals surface area contributed by atoms with E-state index < -0.39 is 0 Å². The first-order chi connectivity index (χ1) is 23.9. The molecule has 2 saturated heterocycles. The van der Waals surface area contributed by atoms with E-state index in [-0.39, 0.29) is 23.3 Å². The van der Waals surface area contributed by atoms with Crippen molar-refractivity contribution in [3.05, 3.63) is 70.9 Å². The molecule has 0 radical (unpaired) electrons. The fourth-order valence-corrected chi connectivity index (χ4v) is 7.29. The number of hydrogen-bond donors (Lipinski definition) is 1. The average molecular weight is 669 g/mol. The number of likely N-dealkylation sites (tertiary alicyclic amines) is 1. The highest BCUT2D eigenvalue weighted by molar-refractivity contribution is 6.05. The summed E-state index contributed by atoms with van der Waals surface area (Å²) in [6, 6.07) is 12.4. The number of rotatable bonds is 17. The van der Waals surface area contributed by atoms with Gasteiger partial charge >= 0.3 is 0 Å². The molecule has 3 heterocycles. The van der Waals surface area contributed by atoms with Crippen molar-refractivity contribution in [3.8, 4) is 5.75 Å². The number of anilines is 2. The molecule has 0 atom stereocenters. The van der Waals surface area contributed by atoms with Gasteiger partial charge in [-0.15, -0.1) is 0 Å². The van der Waals surface area contributed by atoms with E-state index in [1.54, 1.807) is 0 Å². The van der Waals surface area contributed by atoms with Gasteiger partial charge in [0.05, 0.1) is 12.2 Å². The lowest BCUT2D eigenvalue weighted by Gasteiger charge is -2.34. The number of oxazole rings is 1. The first-order valence-corrected chi connectivity index (χ1v) is 18.6. The van der Waals surface area contributed by atoms with Crippen LogP contribution in [0, 0.1) is 12.8 Å². The number of amides is 2. The van der Waals surface area contributed by atoms with Crippen LogP contribution in [0.4, 0.5) is 11.4 Å². The second-order valence-corrected chi connectivity index (χ2v) is 14.1. The van der Waals surface area contributed by atoms with E-state index in [0.29, 0.717) is 54.2 Å². The summed E-state index contributed by atoms with van der Waals surface area (Å²) >= 11 is 0. The Morgan fingerprint density at radius 1 is 1.02 bits per heavy atom. The lowest BCUT2D eigenvalue weighted by Crippen LogP contribution is -2.34. The summed E-state index contributed by atoms with van der Waals surface area (Å²) in [4.78, 5) is 47.8. The number of Topliss-reactive ketones (excluding diaryl/α,β-unsaturated/α-hetero) is 1. The van der Waals surface area contributed by atoms with Crippen molar-refractivity contribution in [1.82, 2.24) is 9.88 Å². The Bertz CT molecular complexity index is 1600. The largest absolute Gasteiger partial charge is 0.493 e. The number of ether oxygens (including phenoxy) is 1. The first kappa shape index (κ1) is 34.7. The highest BCUT2D eigenvalue weighted by atomic mass is 16.5. The van der Waals surface area contributed by atoms with Crippen LogP contribution in [0.3, 0.4) is 0 Å². The third-order valence-electron chi connectivity index (χ3n) is 10.4. The molecular weight excluding hydrogens is 616 g/mol. The van der Waals surface area contributed by atoms with Crippen molar-refractivity contribution < 1.29 is 23.5 Å². The molecule has 1 aromatic heterocycles. The van der Waals surface area contributed by atoms with E-state index in [0.717, 1.165) is 102 Å². The molecule has 1 aliphatic carbocycles. The van der Waals surface area contributed by atoms with Gasteiger partial charge in [-0.2, -0.15) is 0 Å². The summed E-state index contributed by atoms with van der Waals surface area (Å²) in [6.07, 6.45) is 13.2. The number of aromatic nitrogens is 1. The van der Waals surface area contributed by atoms with E-state index in [1.165, 1.54) is 17.5 Å². The van der Waals surface area contributed by atoms with Gasteiger partial charge < -0.3 is 24.3 Å². The second kappa shape index (κ2) is 16.5. The van der Waals surface area contributed by atoms with Crippen molar-refractivity contribution >= 4 is 29.0 Å². The van der Waals surface area contributed by atoms with Crippen LogP contribution in [0.5, 0.6) is 5.75 Å². The lowest BCUT2D eigenvalue weighted by atomic mass is 9.89. The Kier molecular flexibility index (Phi) is 11.7. The minimum absolute atomic E-state index is 0.0150. The van der Waals surface area contributed by atoms with Gasteiger partial charge in [-0.3, -0.25) is 14.4 Å². The molecule has 9 heteroatoms. The van der Waals surface area contributed by atoms with E-state index in [2.05, 4.69) is 46.4 Å². The fraction of sp³-hybridized carbons (Fsp3) is 0.550. The molecule has 2 amide bonds. The van der Waals surface area contributed by atoms with Crippen molar-refractivity contribution in [2.24, 2.45) is 5.92 Å². The number of para-hydroxylation sites is 1. The monoisotopic (exact) mass is 668 g/mol. The predicted molar refractivity (Wildman–Crippen MR) is 192 cm³/mol. The Morgan fingerprint density at radius 2 is 1.82 bits per heavy atom. The predicted octanol–water partition coefficient (Wildman–Crippen LogP) is 8.12. The van der Waals surface area contributed by atoms with Gasteiger partial charge in [0.25, 0.3) is 5.91 Å². The number of aryl methyl sites for hydroxylation is 2. The van der Waals surface area contributed by atoms with Crippen LogP contribution in [0.1, 0.15) is 128 Å². The van der Waals surface area contributed by atoms with Crippen LogP contribution < -0.4 is 15.0 Å². The quantitative estimate of drug-likeness (QED) is 0.114. The molecule has 3 aliphatic rings. The molecule has 2 aromatic carbocycles. The minimum atomic E-state index is -0.331. The number of piperidine rings is 1. The molecule has 3 aromatic rings. The Morgan fingerprint density at radius 3 is 2.55 bits per heavy atom. The van der Waals surface area contributed by atoms with Gasteiger partial charge in [0.15, 0.2) is 17.4 Å². The summed E-state index contributed by atoms with van der Waals surface area (Å²) in [7, 11) is 0. The molecule has 0 bridgehead atoms. The first-order valence-electron chi connectivity index (χ1n) is 18.6. The van der Waals surface area contributed by atoms with E-state index >= 15 is 0 Å². The zero-order valence-corrected chi connectivity index (χ0v) is 29.3. The number of nitrogens with one attached hydrogen (secondary N) is 1. The van der Waals surface area contributed by atoms with Crippen molar-refractivity contribution in [2.75, 3.05) is 43.0 Å². The van der Waals surface area contributed by atoms with Gasteiger partial charge in [-0.1, -0.05) is 31.0 Å². The average Bonchev–Trinajstić information content (AvgIpc) is 3.69. The number of benzene rings is 2. The molecule has 9 nitrogen and oxygen atoms in total. The lowest BCUT2D eigenvalue weighted by molar-refractivity contribution is -0.127. The van der Waals surface area contributed by atoms with Gasteiger partial charge in [0.2, 0.25) is 5.91 Å². The number of nitrogens with zero attached hydrogens (tertiary/aromatic N) is 3. The zero-order valence-electron chi connectivity index (χ0n) is 29.3. The maximum absolute atomic E-state index is 13.6. The highest BCUT2D eigenvalue weighted by Gasteiger charge is 2.30. The SMILES string of the molecule is CCOc1cc(CCC2CCN(c3ccccc3C)CC2)c(NC(=O)c2coc(C3CC3)n2)cc1C(=O)CCCCCCN1CCCC1=O. The number of carbonyl (C=O) groups excluding carboxylic acids is 3. The van der Waals surface area contributed by atoms with E-state index in [9.17, 15) is 14.4 Å². The van der Waals surface area contributed by atoms with Gasteiger partial charge in [0.1, 0.15) is 12.0 Å². The fourth-order valence-electron chi connectivity index (χ4n) is 7.29. The van der Waals surface area contributed by atoms with Crippen LogP contribution in [-0.4, -0.2) is 60.3 Å². The molecule has 3 fully saturated rings. The molecule has 1 saturated carbocycles. The van der Waals surface area contributed by atoms with Crippen LogP contribution in [0.2, 0.25) is 0 Å². The molecule has 6 rings (SSSR count). The molecular formula is C40H52N4O5. The molecule has 1 N–H and O–H groups in total. The summed E-state index contributed by atoms with van der Waals surface area (Å²) in [5.41, 5.74) is 5.01. The number of ketones is 1. The van der Waals surface area contributed by atoms with Gasteiger partial charge in [0, 0.05) is 56.3 Å². The molecule has 0 unspecified atom stereocenters. The van der Waals surface area contributed by atoms with Crippen molar-refractivity contribution in [3.63, 3.8) is 0 Å². The summed E-state index contributed by atoms with van der Waals surface area (Å²) < 4.78 is 11.7. The van der Waals surface area contributed by atoms with E-state index in [1.807, 2.05) is 24.0 Å². The van der Waals surface area contributed by atoms with Crippen LogP contribution >= 0.6 is 0 Å². The molecule has 49 heavy (non-hydrogen) atoms. The summed E-state index contributed by atoms with van der Waals surface area (Å²) in [5.74, 6) is 2.04. The van der Waals surface area contributed by atoms with E-state index in [4.69, 9.17) is 9.15 Å². The van der Waals surface area contributed by atoms with Gasteiger partial charge in [-0.25, -0.2) is 4.98 Å². The summed E-state index contributed by atoms with van der Waals surface area (Å²) in [6.45, 7) is 8.29. The molecule has 0 spiro atoms. The van der Waals surface area contributed by atoms with Crippen LogP contribution in [0.25, 0.3) is 0 Å². The van der Waals surface area contributed by atoms with Crippen molar-refractivity contribution in [2.45, 2.75) is 103 Å². The topological polar surface area (TPSA) is 105 Å². The Hall–Kier alpha value is -4.14. The van der Waals surface area contributed by atoms with Crippen molar-refractivity contribution in [1.29, 1.82) is 0 Å². The van der Waals surface area contributed by atoms with Gasteiger partial charge in [-0.05, 0) is 107 Å². The Labute approximate surface area is 290 Å². The minimum Gasteiger partial charge on any atom is -0.493 e. The highest BCUT2D eigenvalue weighted by Crippen LogP contribution is 2.39. The smallest absolute Gasteiger partial charge is 0.277 e. The maximum atomic E-state index is 13.6. The third kappa shape index (κ3) is 9.11.